The van der Waals surface area contributed by atoms with Gasteiger partial charge in [0.25, 0.3) is 11.8 Å². The van der Waals surface area contributed by atoms with Crippen LogP contribution in [-0.2, 0) is 4.79 Å². The fraction of sp³-hybridized carbons (Fsp3) is 0.235. The van der Waals surface area contributed by atoms with Crippen molar-refractivity contribution in [1.82, 2.24) is 15.6 Å². The van der Waals surface area contributed by atoms with Crippen LogP contribution in [0.3, 0.4) is 0 Å². The van der Waals surface area contributed by atoms with Crippen molar-refractivity contribution in [2.45, 2.75) is 6.92 Å². The summed E-state index contributed by atoms with van der Waals surface area (Å²) in [5.41, 5.74) is 0.570. The van der Waals surface area contributed by atoms with Gasteiger partial charge in [0.05, 0.1) is 6.54 Å². The molecule has 124 valence electrons. The highest BCUT2D eigenvalue weighted by Crippen LogP contribution is 2.20. The lowest BCUT2D eigenvalue weighted by Crippen LogP contribution is -2.32. The Bertz CT molecular complexity index is 831. The molecule has 0 bridgehead atoms. The summed E-state index contributed by atoms with van der Waals surface area (Å²) >= 11 is 0. The zero-order chi connectivity index (χ0) is 16.8. The fourth-order valence-corrected chi connectivity index (χ4v) is 2.15. The summed E-state index contributed by atoms with van der Waals surface area (Å²) in [7, 11) is 0. The molecule has 0 saturated carbocycles. The Kier molecular flexibility index (Phi) is 4.90. The van der Waals surface area contributed by atoms with E-state index in [1.807, 2.05) is 42.5 Å². The summed E-state index contributed by atoms with van der Waals surface area (Å²) in [6.45, 7) is 2.29. The molecule has 0 fully saturated rings. The number of hydrogen-bond acceptors (Lipinski definition) is 6. The van der Waals surface area contributed by atoms with Crippen molar-refractivity contribution in [1.29, 1.82) is 0 Å². The minimum atomic E-state index is -0.221. The molecule has 0 unspecified atom stereocenters. The van der Waals surface area contributed by atoms with Gasteiger partial charge < -0.3 is 14.8 Å². The summed E-state index contributed by atoms with van der Waals surface area (Å²) < 4.78 is 15.3. The van der Waals surface area contributed by atoms with Crippen LogP contribution in [0, 0.1) is 6.92 Å². The Morgan fingerprint density at radius 3 is 2.75 bits per heavy atom. The van der Waals surface area contributed by atoms with E-state index in [1.165, 1.54) is 0 Å². The molecule has 1 amide bonds. The molecule has 0 radical (unpaired) electrons. The standard InChI is InChI=1S/C17H17N3O4/c1-12-17(20-24-19-12)22-9-8-18-16(21)11-23-15-7-6-13-4-2-3-5-14(13)10-15/h2-7,10H,8-9,11H2,1H3,(H,18,21). The first-order valence-electron chi connectivity index (χ1n) is 7.52. The Balaban J connectivity index is 1.41. The highest BCUT2D eigenvalue weighted by atomic mass is 16.6. The van der Waals surface area contributed by atoms with E-state index >= 15 is 0 Å². The highest BCUT2D eigenvalue weighted by molar-refractivity contribution is 5.84. The van der Waals surface area contributed by atoms with Crippen molar-refractivity contribution in [3.05, 3.63) is 48.2 Å². The SMILES string of the molecule is Cc1nonc1OCCNC(=O)COc1ccc2ccccc2c1. The van der Waals surface area contributed by atoms with Gasteiger partial charge in [-0.25, -0.2) is 4.63 Å². The summed E-state index contributed by atoms with van der Waals surface area (Å²) in [6.07, 6.45) is 0. The third kappa shape index (κ3) is 4.01. The first-order chi connectivity index (χ1) is 11.7. The van der Waals surface area contributed by atoms with Crippen LogP contribution < -0.4 is 14.8 Å². The minimum Gasteiger partial charge on any atom is -0.484 e. The highest BCUT2D eigenvalue weighted by Gasteiger charge is 2.07. The summed E-state index contributed by atoms with van der Waals surface area (Å²) in [6, 6.07) is 13.7. The molecule has 24 heavy (non-hydrogen) atoms. The number of fused-ring (bicyclic) bond motifs is 1. The second kappa shape index (κ2) is 7.45. The molecule has 3 rings (SSSR count). The van der Waals surface area contributed by atoms with E-state index in [9.17, 15) is 4.79 Å². The van der Waals surface area contributed by atoms with Gasteiger partial charge in [0.1, 0.15) is 18.1 Å². The molecular weight excluding hydrogens is 310 g/mol. The Labute approximate surface area is 138 Å². The number of aromatic nitrogens is 2. The lowest BCUT2D eigenvalue weighted by molar-refractivity contribution is -0.123. The number of amides is 1. The van der Waals surface area contributed by atoms with Crippen molar-refractivity contribution in [2.24, 2.45) is 0 Å². The fourth-order valence-electron chi connectivity index (χ4n) is 2.15. The second-order valence-electron chi connectivity index (χ2n) is 5.15. The number of carbonyl (C=O) groups is 1. The summed E-state index contributed by atoms with van der Waals surface area (Å²) in [5.74, 6) is 0.766. The third-order valence-corrected chi connectivity index (χ3v) is 3.36. The van der Waals surface area contributed by atoms with Crippen LogP contribution in [0.25, 0.3) is 10.8 Å². The maximum Gasteiger partial charge on any atom is 0.278 e. The number of aryl methyl sites for hydroxylation is 1. The van der Waals surface area contributed by atoms with Crippen LogP contribution in [0.4, 0.5) is 0 Å². The van der Waals surface area contributed by atoms with Gasteiger partial charge in [-0.05, 0) is 35.0 Å². The number of hydrogen-bond donors (Lipinski definition) is 1. The number of ether oxygens (including phenoxy) is 2. The molecule has 7 nitrogen and oxygen atoms in total. The van der Waals surface area contributed by atoms with E-state index in [0.717, 1.165) is 10.8 Å². The van der Waals surface area contributed by atoms with Crippen molar-refractivity contribution in [3.63, 3.8) is 0 Å². The Morgan fingerprint density at radius 1 is 1.12 bits per heavy atom. The van der Waals surface area contributed by atoms with Gasteiger partial charge in [-0.3, -0.25) is 4.79 Å². The Morgan fingerprint density at radius 2 is 1.96 bits per heavy atom. The average molecular weight is 327 g/mol. The molecule has 2 aromatic carbocycles. The molecule has 0 saturated heterocycles. The number of nitrogens with one attached hydrogen (secondary N) is 1. The lowest BCUT2D eigenvalue weighted by Gasteiger charge is -2.08. The molecule has 7 heteroatoms. The molecule has 3 aromatic rings. The van der Waals surface area contributed by atoms with E-state index in [-0.39, 0.29) is 19.1 Å². The monoisotopic (exact) mass is 327 g/mol. The summed E-state index contributed by atoms with van der Waals surface area (Å²) in [5, 5.41) is 12.1. The van der Waals surface area contributed by atoms with E-state index in [0.29, 0.717) is 23.9 Å². The maximum absolute atomic E-state index is 11.8. The molecule has 0 aliphatic carbocycles. The Hall–Kier alpha value is -3.09. The van der Waals surface area contributed by atoms with E-state index in [1.54, 1.807) is 6.92 Å². The number of benzene rings is 2. The van der Waals surface area contributed by atoms with Crippen LogP contribution in [-0.4, -0.2) is 36.0 Å². The van der Waals surface area contributed by atoms with Crippen molar-refractivity contribution in [2.75, 3.05) is 19.8 Å². The molecule has 0 spiro atoms. The normalized spacial score (nSPS) is 10.5. The van der Waals surface area contributed by atoms with Gasteiger partial charge in [-0.1, -0.05) is 35.5 Å². The van der Waals surface area contributed by atoms with Gasteiger partial charge in [-0.2, -0.15) is 0 Å². The molecule has 1 aromatic heterocycles. The topological polar surface area (TPSA) is 86.5 Å². The average Bonchev–Trinajstić information content (AvgIpc) is 3.02. The van der Waals surface area contributed by atoms with Crippen LogP contribution in [0.2, 0.25) is 0 Å². The van der Waals surface area contributed by atoms with E-state index in [4.69, 9.17) is 9.47 Å². The lowest BCUT2D eigenvalue weighted by atomic mass is 10.1. The summed E-state index contributed by atoms with van der Waals surface area (Å²) in [4.78, 5) is 11.8. The first kappa shape index (κ1) is 15.8. The predicted octanol–water partition coefficient (Wildman–Crippen LogP) is 2.11. The van der Waals surface area contributed by atoms with E-state index in [2.05, 4.69) is 20.3 Å². The molecular formula is C17H17N3O4. The molecule has 0 aliphatic rings. The van der Waals surface area contributed by atoms with Gasteiger partial charge in [0, 0.05) is 0 Å². The third-order valence-electron chi connectivity index (χ3n) is 3.36. The van der Waals surface area contributed by atoms with E-state index < -0.39 is 0 Å². The second-order valence-corrected chi connectivity index (χ2v) is 5.15. The minimum absolute atomic E-state index is 0.0527. The number of carbonyl (C=O) groups excluding carboxylic acids is 1. The zero-order valence-electron chi connectivity index (χ0n) is 13.2. The maximum atomic E-state index is 11.8. The zero-order valence-corrected chi connectivity index (χ0v) is 13.2. The van der Waals surface area contributed by atoms with Gasteiger partial charge in [0.2, 0.25) is 0 Å². The van der Waals surface area contributed by atoms with Crippen LogP contribution in [0.15, 0.2) is 47.1 Å². The number of rotatable bonds is 7. The van der Waals surface area contributed by atoms with Crippen molar-refractivity contribution >= 4 is 16.7 Å². The molecule has 1 heterocycles. The number of nitrogens with zero attached hydrogens (tertiary/aromatic N) is 2. The van der Waals surface area contributed by atoms with Crippen LogP contribution in [0.5, 0.6) is 11.6 Å². The van der Waals surface area contributed by atoms with Gasteiger partial charge in [-0.15, -0.1) is 0 Å². The quantitative estimate of drug-likeness (QED) is 0.669. The van der Waals surface area contributed by atoms with Crippen molar-refractivity contribution < 1.29 is 18.9 Å². The largest absolute Gasteiger partial charge is 0.484 e. The molecule has 1 N–H and O–H groups in total. The molecule has 0 aliphatic heterocycles. The predicted molar refractivity (Wildman–Crippen MR) is 87.0 cm³/mol. The van der Waals surface area contributed by atoms with Crippen LogP contribution >= 0.6 is 0 Å². The molecule has 0 atom stereocenters. The van der Waals surface area contributed by atoms with Gasteiger partial charge >= 0.3 is 0 Å². The smallest absolute Gasteiger partial charge is 0.278 e. The van der Waals surface area contributed by atoms with Crippen molar-refractivity contribution in [3.8, 4) is 11.6 Å². The first-order valence-corrected chi connectivity index (χ1v) is 7.52. The van der Waals surface area contributed by atoms with Crippen LogP contribution in [0.1, 0.15) is 5.69 Å². The van der Waals surface area contributed by atoms with Gasteiger partial charge in [0.15, 0.2) is 6.61 Å².